The van der Waals surface area contributed by atoms with Crippen LogP contribution in [0.4, 0.5) is 4.79 Å². The molecule has 2 atom stereocenters. The van der Waals surface area contributed by atoms with E-state index in [1.54, 1.807) is 4.90 Å². The quantitative estimate of drug-likeness (QED) is 0.638. The standard InChI is InChI=1S/C27H32N2O5/c1-3-27(2,25(32)29-14-8-9-18(15-29)24(30)31)17-28-26(33)34-16-23-21-12-6-4-10-19(21)20-11-5-7-13-22(20)23/h4-7,10-13,18,23H,3,8-9,14-17H2,1-2H3,(H,28,33)(H,30,31)/t18-,27?/m0/s1. The topological polar surface area (TPSA) is 95.9 Å². The number of amides is 2. The molecule has 0 bridgehead atoms. The van der Waals surface area contributed by atoms with Crippen LogP contribution in [0, 0.1) is 11.3 Å². The molecule has 2 aromatic rings. The predicted octanol–water partition coefficient (Wildman–Crippen LogP) is 4.26. The maximum atomic E-state index is 13.2. The van der Waals surface area contributed by atoms with Crippen molar-refractivity contribution in [3.05, 3.63) is 59.7 Å². The van der Waals surface area contributed by atoms with Crippen LogP contribution in [0.5, 0.6) is 0 Å². The average molecular weight is 465 g/mol. The number of piperidine rings is 1. The fourth-order valence-electron chi connectivity index (χ4n) is 5.01. The second-order valence-electron chi connectivity index (χ2n) is 9.52. The van der Waals surface area contributed by atoms with Crippen LogP contribution in [-0.2, 0) is 14.3 Å². The van der Waals surface area contributed by atoms with E-state index in [0.29, 0.717) is 25.8 Å². The van der Waals surface area contributed by atoms with Crippen molar-refractivity contribution in [2.24, 2.45) is 11.3 Å². The Kier molecular flexibility index (Phi) is 6.91. The molecule has 0 spiro atoms. The predicted molar refractivity (Wildman–Crippen MR) is 128 cm³/mol. The lowest BCUT2D eigenvalue weighted by Crippen LogP contribution is -2.52. The normalized spacial score (nSPS) is 19.0. The Morgan fingerprint density at radius 2 is 1.71 bits per heavy atom. The molecular formula is C27H32N2O5. The first-order valence-corrected chi connectivity index (χ1v) is 11.9. The first-order valence-electron chi connectivity index (χ1n) is 11.9. The van der Waals surface area contributed by atoms with Crippen LogP contribution in [0.15, 0.2) is 48.5 Å². The van der Waals surface area contributed by atoms with Crippen molar-refractivity contribution in [1.82, 2.24) is 10.2 Å². The molecule has 1 unspecified atom stereocenters. The number of likely N-dealkylation sites (tertiary alicyclic amines) is 1. The van der Waals surface area contributed by atoms with Gasteiger partial charge in [0.25, 0.3) is 0 Å². The van der Waals surface area contributed by atoms with Crippen LogP contribution in [0.25, 0.3) is 11.1 Å². The summed E-state index contributed by atoms with van der Waals surface area (Å²) in [4.78, 5) is 38.8. The first kappa shape index (κ1) is 23.8. The van der Waals surface area contributed by atoms with Gasteiger partial charge in [-0.1, -0.05) is 55.5 Å². The van der Waals surface area contributed by atoms with Crippen molar-refractivity contribution < 1.29 is 24.2 Å². The summed E-state index contributed by atoms with van der Waals surface area (Å²) in [6.07, 6.45) is 1.21. The number of benzene rings is 2. The van der Waals surface area contributed by atoms with Gasteiger partial charge in [-0.3, -0.25) is 9.59 Å². The van der Waals surface area contributed by atoms with Crippen LogP contribution in [0.3, 0.4) is 0 Å². The number of nitrogens with one attached hydrogen (secondary N) is 1. The smallest absolute Gasteiger partial charge is 0.407 e. The Hall–Kier alpha value is -3.35. The zero-order chi connectivity index (χ0) is 24.3. The number of rotatable bonds is 7. The molecule has 7 heteroatoms. The Labute approximate surface area is 200 Å². The van der Waals surface area contributed by atoms with Gasteiger partial charge in [-0.15, -0.1) is 0 Å². The van der Waals surface area contributed by atoms with E-state index in [9.17, 15) is 19.5 Å². The molecule has 1 aliphatic heterocycles. The molecule has 1 heterocycles. The molecule has 0 radical (unpaired) electrons. The van der Waals surface area contributed by atoms with Crippen LogP contribution in [0.1, 0.15) is 50.2 Å². The van der Waals surface area contributed by atoms with Crippen LogP contribution in [0.2, 0.25) is 0 Å². The number of fused-ring (bicyclic) bond motifs is 3. The number of ether oxygens (including phenoxy) is 1. The number of alkyl carbamates (subject to hydrolysis) is 1. The van der Waals surface area contributed by atoms with Crippen molar-refractivity contribution in [1.29, 1.82) is 0 Å². The third-order valence-electron chi connectivity index (χ3n) is 7.32. The largest absolute Gasteiger partial charge is 0.481 e. The van der Waals surface area contributed by atoms with E-state index in [-0.39, 0.29) is 31.5 Å². The summed E-state index contributed by atoms with van der Waals surface area (Å²) in [6, 6.07) is 16.3. The fraction of sp³-hybridized carbons (Fsp3) is 0.444. The molecule has 34 heavy (non-hydrogen) atoms. The van der Waals surface area contributed by atoms with Gasteiger partial charge in [0.15, 0.2) is 0 Å². The number of carboxylic acid groups (broad SMARTS) is 1. The molecule has 1 aliphatic carbocycles. The maximum Gasteiger partial charge on any atom is 0.407 e. The van der Waals surface area contributed by atoms with Gasteiger partial charge in [-0.05, 0) is 48.4 Å². The third-order valence-corrected chi connectivity index (χ3v) is 7.32. The summed E-state index contributed by atoms with van der Waals surface area (Å²) in [5, 5.41) is 12.1. The molecule has 1 saturated heterocycles. The summed E-state index contributed by atoms with van der Waals surface area (Å²) in [5.41, 5.74) is 3.78. The number of carbonyl (C=O) groups is 3. The van der Waals surface area contributed by atoms with Crippen molar-refractivity contribution in [3.8, 4) is 11.1 Å². The zero-order valence-electron chi connectivity index (χ0n) is 19.8. The van der Waals surface area contributed by atoms with Gasteiger partial charge in [-0.25, -0.2) is 4.79 Å². The van der Waals surface area contributed by atoms with Crippen molar-refractivity contribution in [2.45, 2.75) is 39.0 Å². The van der Waals surface area contributed by atoms with Crippen LogP contribution in [-0.4, -0.2) is 54.2 Å². The van der Waals surface area contributed by atoms with Crippen molar-refractivity contribution in [2.75, 3.05) is 26.2 Å². The van der Waals surface area contributed by atoms with E-state index < -0.39 is 23.4 Å². The van der Waals surface area contributed by atoms with Gasteiger partial charge in [-0.2, -0.15) is 0 Å². The average Bonchev–Trinajstić information content (AvgIpc) is 3.19. The minimum atomic E-state index is -0.868. The molecule has 0 aromatic heterocycles. The summed E-state index contributed by atoms with van der Waals surface area (Å²) >= 11 is 0. The van der Waals surface area contributed by atoms with Gasteiger partial charge in [0.1, 0.15) is 6.61 Å². The summed E-state index contributed by atoms with van der Waals surface area (Å²) in [5.74, 6) is -1.56. The highest BCUT2D eigenvalue weighted by molar-refractivity contribution is 5.84. The molecule has 7 nitrogen and oxygen atoms in total. The Morgan fingerprint density at radius 1 is 1.09 bits per heavy atom. The Balaban J connectivity index is 1.36. The number of carboxylic acids is 1. The molecule has 4 rings (SSSR count). The minimum Gasteiger partial charge on any atom is -0.481 e. The van der Waals surface area contributed by atoms with E-state index in [4.69, 9.17) is 4.74 Å². The number of carbonyl (C=O) groups excluding carboxylic acids is 2. The zero-order valence-corrected chi connectivity index (χ0v) is 19.8. The number of hydrogen-bond donors (Lipinski definition) is 2. The first-order chi connectivity index (χ1) is 16.3. The highest BCUT2D eigenvalue weighted by Gasteiger charge is 2.38. The molecular weight excluding hydrogens is 432 g/mol. The lowest BCUT2D eigenvalue weighted by Gasteiger charge is -2.37. The van der Waals surface area contributed by atoms with Gasteiger partial charge < -0.3 is 20.1 Å². The molecule has 1 fully saturated rings. The van der Waals surface area contributed by atoms with E-state index in [1.807, 2.05) is 38.1 Å². The summed E-state index contributed by atoms with van der Waals surface area (Å²) in [6.45, 7) is 4.81. The second-order valence-corrected chi connectivity index (χ2v) is 9.52. The Bertz CT molecular complexity index is 1040. The molecule has 2 amide bonds. The van der Waals surface area contributed by atoms with Crippen molar-refractivity contribution in [3.63, 3.8) is 0 Å². The molecule has 0 saturated carbocycles. The third kappa shape index (κ3) is 4.65. The fourth-order valence-corrected chi connectivity index (χ4v) is 5.01. The van der Waals surface area contributed by atoms with E-state index in [0.717, 1.165) is 22.3 Å². The highest BCUT2D eigenvalue weighted by atomic mass is 16.5. The second kappa shape index (κ2) is 9.87. The van der Waals surface area contributed by atoms with Gasteiger partial charge >= 0.3 is 12.1 Å². The number of hydrogen-bond acceptors (Lipinski definition) is 4. The number of nitrogens with zero attached hydrogens (tertiary/aromatic N) is 1. The van der Waals surface area contributed by atoms with Crippen LogP contribution >= 0.6 is 0 Å². The summed E-state index contributed by atoms with van der Waals surface area (Å²) in [7, 11) is 0. The molecule has 2 aromatic carbocycles. The van der Waals surface area contributed by atoms with Gasteiger partial charge in [0, 0.05) is 25.6 Å². The molecule has 2 N–H and O–H groups in total. The highest BCUT2D eigenvalue weighted by Crippen LogP contribution is 2.44. The minimum absolute atomic E-state index is 0.0290. The van der Waals surface area contributed by atoms with Crippen LogP contribution < -0.4 is 5.32 Å². The lowest BCUT2D eigenvalue weighted by atomic mass is 9.84. The Morgan fingerprint density at radius 3 is 2.29 bits per heavy atom. The van der Waals surface area contributed by atoms with E-state index >= 15 is 0 Å². The van der Waals surface area contributed by atoms with Crippen molar-refractivity contribution >= 4 is 18.0 Å². The molecule has 2 aliphatic rings. The lowest BCUT2D eigenvalue weighted by molar-refractivity contribution is -0.149. The van der Waals surface area contributed by atoms with Gasteiger partial charge in [0.05, 0.1) is 11.3 Å². The molecule has 180 valence electrons. The van der Waals surface area contributed by atoms with E-state index in [1.165, 1.54) is 0 Å². The monoisotopic (exact) mass is 464 g/mol. The van der Waals surface area contributed by atoms with E-state index in [2.05, 4.69) is 29.6 Å². The number of aliphatic carboxylic acids is 1. The summed E-state index contributed by atoms with van der Waals surface area (Å²) < 4.78 is 5.60. The maximum absolute atomic E-state index is 13.2. The van der Waals surface area contributed by atoms with Gasteiger partial charge in [0.2, 0.25) is 5.91 Å². The SMILES string of the molecule is CCC(C)(CNC(=O)OCC1c2ccccc2-c2ccccc21)C(=O)N1CCC[C@H](C(=O)O)C1.